The molecule has 2 heterocycles. The van der Waals surface area contributed by atoms with Crippen LogP contribution in [0.3, 0.4) is 0 Å². The average Bonchev–Trinajstić information content (AvgIpc) is 2.87. The molecule has 2 atom stereocenters. The Hall–Kier alpha value is -1.58. The number of pyridine rings is 1. The first kappa shape index (κ1) is 13.4. The Morgan fingerprint density at radius 1 is 1.35 bits per heavy atom. The van der Waals surface area contributed by atoms with Crippen LogP contribution in [-0.4, -0.2) is 17.6 Å². The number of nitrogens with one attached hydrogen (secondary N) is 1. The first-order chi connectivity index (χ1) is 9.72. The molecule has 1 aromatic heterocycles. The van der Waals surface area contributed by atoms with E-state index in [-0.39, 0.29) is 12.1 Å². The molecule has 3 nitrogen and oxygen atoms in total. The summed E-state index contributed by atoms with van der Waals surface area (Å²) in [6, 6.07) is 10.2. The van der Waals surface area contributed by atoms with E-state index >= 15 is 0 Å². The highest BCUT2D eigenvalue weighted by Gasteiger charge is 2.23. The molecule has 0 bridgehead atoms. The quantitative estimate of drug-likeness (QED) is 0.936. The Morgan fingerprint density at radius 2 is 2.15 bits per heavy atom. The predicted octanol–water partition coefficient (Wildman–Crippen LogP) is 3.39. The fourth-order valence-corrected chi connectivity index (χ4v) is 2.68. The maximum absolute atomic E-state index is 6.00. The van der Waals surface area contributed by atoms with Gasteiger partial charge in [0, 0.05) is 36.4 Å². The summed E-state index contributed by atoms with van der Waals surface area (Å²) in [7, 11) is 0. The van der Waals surface area contributed by atoms with E-state index in [0.29, 0.717) is 0 Å². The SMILES string of the molecule is C[C@H](NCC1Cc2cc(Cl)ccc2O1)c1ccncc1. The van der Waals surface area contributed by atoms with E-state index in [1.807, 2.05) is 42.7 Å². The fourth-order valence-electron chi connectivity index (χ4n) is 2.48. The molecule has 0 radical (unpaired) electrons. The van der Waals surface area contributed by atoms with Crippen LogP contribution in [0, 0.1) is 0 Å². The lowest BCUT2D eigenvalue weighted by Crippen LogP contribution is -2.31. The van der Waals surface area contributed by atoms with Gasteiger partial charge in [0.05, 0.1) is 0 Å². The summed E-state index contributed by atoms with van der Waals surface area (Å²) < 4.78 is 5.91. The highest BCUT2D eigenvalue weighted by Crippen LogP contribution is 2.31. The molecule has 1 N–H and O–H groups in total. The van der Waals surface area contributed by atoms with Crippen molar-refractivity contribution in [2.75, 3.05) is 6.54 Å². The fraction of sp³-hybridized carbons (Fsp3) is 0.312. The normalized spacial score (nSPS) is 18.4. The van der Waals surface area contributed by atoms with Gasteiger partial charge in [-0.2, -0.15) is 0 Å². The minimum absolute atomic E-state index is 0.174. The minimum Gasteiger partial charge on any atom is -0.488 e. The van der Waals surface area contributed by atoms with Gasteiger partial charge in [0.2, 0.25) is 0 Å². The summed E-state index contributed by atoms with van der Waals surface area (Å²) >= 11 is 6.00. The van der Waals surface area contributed by atoms with Crippen molar-refractivity contribution in [3.63, 3.8) is 0 Å². The van der Waals surface area contributed by atoms with Crippen LogP contribution in [0.15, 0.2) is 42.7 Å². The number of hydrogen-bond acceptors (Lipinski definition) is 3. The van der Waals surface area contributed by atoms with Crippen LogP contribution in [0.5, 0.6) is 5.75 Å². The van der Waals surface area contributed by atoms with Crippen molar-refractivity contribution >= 4 is 11.6 Å². The Balaban J connectivity index is 1.56. The molecule has 104 valence electrons. The molecule has 0 aliphatic carbocycles. The topological polar surface area (TPSA) is 34.1 Å². The van der Waals surface area contributed by atoms with Crippen molar-refractivity contribution in [1.82, 2.24) is 10.3 Å². The maximum Gasteiger partial charge on any atom is 0.123 e. The van der Waals surface area contributed by atoms with E-state index in [1.54, 1.807) is 0 Å². The number of fused-ring (bicyclic) bond motifs is 1. The third kappa shape index (κ3) is 2.94. The zero-order valence-corrected chi connectivity index (χ0v) is 12.1. The van der Waals surface area contributed by atoms with Crippen LogP contribution in [-0.2, 0) is 6.42 Å². The van der Waals surface area contributed by atoms with Gasteiger partial charge in [-0.25, -0.2) is 0 Å². The van der Waals surface area contributed by atoms with Gasteiger partial charge in [-0.05, 0) is 48.4 Å². The second kappa shape index (κ2) is 5.81. The monoisotopic (exact) mass is 288 g/mol. The summed E-state index contributed by atoms with van der Waals surface area (Å²) in [5.41, 5.74) is 2.43. The van der Waals surface area contributed by atoms with E-state index in [9.17, 15) is 0 Å². The van der Waals surface area contributed by atoms with E-state index in [2.05, 4.69) is 17.2 Å². The summed E-state index contributed by atoms with van der Waals surface area (Å²) in [4.78, 5) is 4.04. The Labute approximate surface area is 123 Å². The van der Waals surface area contributed by atoms with Crippen molar-refractivity contribution in [3.05, 3.63) is 58.9 Å². The summed E-state index contributed by atoms with van der Waals surface area (Å²) in [6.45, 7) is 2.96. The van der Waals surface area contributed by atoms with E-state index in [4.69, 9.17) is 16.3 Å². The second-order valence-electron chi connectivity index (χ2n) is 5.11. The lowest BCUT2D eigenvalue weighted by Gasteiger charge is -2.17. The molecule has 0 spiro atoms. The van der Waals surface area contributed by atoms with Gasteiger partial charge in [0.25, 0.3) is 0 Å². The highest BCUT2D eigenvalue weighted by atomic mass is 35.5. The van der Waals surface area contributed by atoms with Crippen LogP contribution < -0.4 is 10.1 Å². The van der Waals surface area contributed by atoms with Crippen LogP contribution in [0.2, 0.25) is 5.02 Å². The zero-order chi connectivity index (χ0) is 13.9. The number of ether oxygens (including phenoxy) is 1. The van der Waals surface area contributed by atoms with Gasteiger partial charge >= 0.3 is 0 Å². The first-order valence-corrected chi connectivity index (χ1v) is 7.18. The van der Waals surface area contributed by atoms with Crippen molar-refractivity contribution in [2.24, 2.45) is 0 Å². The van der Waals surface area contributed by atoms with E-state index in [0.717, 1.165) is 23.7 Å². The number of hydrogen-bond donors (Lipinski definition) is 1. The predicted molar refractivity (Wildman–Crippen MR) is 80.2 cm³/mol. The van der Waals surface area contributed by atoms with Crippen LogP contribution in [0.4, 0.5) is 0 Å². The molecule has 0 saturated heterocycles. The molecule has 1 unspecified atom stereocenters. The smallest absolute Gasteiger partial charge is 0.123 e. The van der Waals surface area contributed by atoms with Crippen LogP contribution >= 0.6 is 11.6 Å². The van der Waals surface area contributed by atoms with Crippen LogP contribution in [0.25, 0.3) is 0 Å². The van der Waals surface area contributed by atoms with Gasteiger partial charge in [0.15, 0.2) is 0 Å². The number of halogens is 1. The maximum atomic E-state index is 6.00. The lowest BCUT2D eigenvalue weighted by molar-refractivity contribution is 0.222. The van der Waals surface area contributed by atoms with E-state index < -0.39 is 0 Å². The number of benzene rings is 1. The molecular weight excluding hydrogens is 272 g/mol. The highest BCUT2D eigenvalue weighted by molar-refractivity contribution is 6.30. The Bertz CT molecular complexity index is 588. The van der Waals surface area contributed by atoms with Crippen molar-refractivity contribution < 1.29 is 4.74 Å². The molecule has 0 saturated carbocycles. The number of aromatic nitrogens is 1. The molecule has 1 aliphatic heterocycles. The molecule has 1 aromatic carbocycles. The minimum atomic E-state index is 0.174. The average molecular weight is 289 g/mol. The largest absolute Gasteiger partial charge is 0.488 e. The number of nitrogens with zero attached hydrogens (tertiary/aromatic N) is 1. The third-order valence-electron chi connectivity index (χ3n) is 3.62. The van der Waals surface area contributed by atoms with Gasteiger partial charge < -0.3 is 10.1 Å². The molecule has 3 rings (SSSR count). The molecule has 4 heteroatoms. The summed E-state index contributed by atoms with van der Waals surface area (Å²) in [5, 5.41) is 4.27. The third-order valence-corrected chi connectivity index (χ3v) is 3.86. The van der Waals surface area contributed by atoms with Gasteiger partial charge in [0.1, 0.15) is 11.9 Å². The molecule has 0 amide bonds. The van der Waals surface area contributed by atoms with Gasteiger partial charge in [-0.1, -0.05) is 11.6 Å². The van der Waals surface area contributed by atoms with Crippen molar-refractivity contribution in [2.45, 2.75) is 25.5 Å². The second-order valence-corrected chi connectivity index (χ2v) is 5.54. The zero-order valence-electron chi connectivity index (χ0n) is 11.3. The van der Waals surface area contributed by atoms with Gasteiger partial charge in [-0.15, -0.1) is 0 Å². The standard InChI is InChI=1S/C16H17ClN2O/c1-11(12-4-6-18-7-5-12)19-10-15-9-13-8-14(17)2-3-16(13)20-15/h2-8,11,15,19H,9-10H2,1H3/t11-,15?/m0/s1. The van der Waals surface area contributed by atoms with E-state index in [1.165, 1.54) is 11.1 Å². The van der Waals surface area contributed by atoms with Gasteiger partial charge in [-0.3, -0.25) is 4.98 Å². The molecule has 2 aromatic rings. The molecule has 0 fully saturated rings. The molecule has 20 heavy (non-hydrogen) atoms. The number of rotatable bonds is 4. The van der Waals surface area contributed by atoms with Crippen molar-refractivity contribution in [3.8, 4) is 5.75 Å². The Morgan fingerprint density at radius 3 is 2.95 bits per heavy atom. The molecule has 1 aliphatic rings. The Kier molecular flexibility index (Phi) is 3.90. The molecular formula is C16H17ClN2O. The summed E-state index contributed by atoms with van der Waals surface area (Å²) in [6.07, 6.45) is 4.72. The van der Waals surface area contributed by atoms with Crippen molar-refractivity contribution in [1.29, 1.82) is 0 Å². The summed E-state index contributed by atoms with van der Waals surface area (Å²) in [5.74, 6) is 0.956. The van der Waals surface area contributed by atoms with Crippen LogP contribution in [0.1, 0.15) is 24.1 Å². The first-order valence-electron chi connectivity index (χ1n) is 6.81. The lowest BCUT2D eigenvalue weighted by atomic mass is 10.1.